The Morgan fingerprint density at radius 3 is 2.54 bits per heavy atom. The van der Waals surface area contributed by atoms with Crippen LogP contribution < -0.4 is 0 Å². The van der Waals surface area contributed by atoms with Crippen LogP contribution in [0, 0.1) is 12.7 Å². The molecule has 2 aromatic rings. The zero-order chi connectivity index (χ0) is 20.3. The topological polar surface area (TPSA) is 72.9 Å². The van der Waals surface area contributed by atoms with Crippen molar-refractivity contribution in [2.24, 2.45) is 0 Å². The van der Waals surface area contributed by atoms with E-state index in [9.17, 15) is 18.8 Å². The molecule has 3 rings (SSSR count). The van der Waals surface area contributed by atoms with Crippen molar-refractivity contribution < 1.29 is 28.2 Å². The minimum absolute atomic E-state index is 0.0180. The van der Waals surface area contributed by atoms with Gasteiger partial charge in [-0.05, 0) is 35.7 Å². The molecule has 1 atom stereocenters. The number of aryl methyl sites for hydroxylation is 1. The second kappa shape index (κ2) is 8.21. The molecule has 0 aliphatic carbocycles. The number of hydrogen-bond acceptors (Lipinski definition) is 5. The van der Waals surface area contributed by atoms with Crippen LogP contribution in [0.5, 0.6) is 0 Å². The lowest BCUT2D eigenvalue weighted by atomic mass is 9.94. The normalized spacial score (nSPS) is 15.5. The van der Waals surface area contributed by atoms with Crippen LogP contribution in [0.15, 0.2) is 42.5 Å². The molecule has 1 amide bonds. The molecule has 0 aromatic heterocycles. The molecule has 7 heteroatoms. The lowest BCUT2D eigenvalue weighted by Gasteiger charge is -2.35. The first-order valence-corrected chi connectivity index (χ1v) is 8.78. The molecule has 0 saturated heterocycles. The Kier molecular flexibility index (Phi) is 5.73. The number of ether oxygens (including phenoxy) is 2. The summed E-state index contributed by atoms with van der Waals surface area (Å²) in [5, 5.41) is 0. The first kappa shape index (κ1) is 19.5. The number of methoxy groups -OCH3 is 1. The maximum Gasteiger partial charge on any atom is 0.338 e. The predicted molar refractivity (Wildman–Crippen MR) is 97.9 cm³/mol. The molecule has 0 bridgehead atoms. The van der Waals surface area contributed by atoms with Crippen LogP contribution in [-0.4, -0.2) is 42.5 Å². The summed E-state index contributed by atoms with van der Waals surface area (Å²) in [5.74, 6) is -2.39. The highest BCUT2D eigenvalue weighted by atomic mass is 19.1. The van der Waals surface area contributed by atoms with Crippen molar-refractivity contribution in [1.29, 1.82) is 0 Å². The van der Waals surface area contributed by atoms with E-state index in [1.807, 2.05) is 24.3 Å². The lowest BCUT2D eigenvalue weighted by Crippen LogP contribution is -2.50. The monoisotopic (exact) mass is 385 g/mol. The number of carbonyl (C=O) groups is 3. The predicted octanol–water partition coefficient (Wildman–Crippen LogP) is 2.42. The largest absolute Gasteiger partial charge is 0.467 e. The van der Waals surface area contributed by atoms with Gasteiger partial charge in [-0.2, -0.15) is 0 Å². The third-order valence-corrected chi connectivity index (χ3v) is 4.78. The Hall–Kier alpha value is -3.22. The van der Waals surface area contributed by atoms with Gasteiger partial charge in [-0.15, -0.1) is 0 Å². The van der Waals surface area contributed by atoms with E-state index in [-0.39, 0.29) is 12.1 Å². The quantitative estimate of drug-likeness (QED) is 0.756. The molecule has 28 heavy (non-hydrogen) atoms. The van der Waals surface area contributed by atoms with Gasteiger partial charge in [0.1, 0.15) is 11.9 Å². The lowest BCUT2D eigenvalue weighted by molar-refractivity contribution is -0.155. The van der Waals surface area contributed by atoms with E-state index in [1.54, 1.807) is 6.92 Å². The van der Waals surface area contributed by atoms with Crippen molar-refractivity contribution in [3.05, 3.63) is 70.5 Å². The first-order chi connectivity index (χ1) is 13.4. The van der Waals surface area contributed by atoms with Crippen molar-refractivity contribution in [3.63, 3.8) is 0 Å². The van der Waals surface area contributed by atoms with Gasteiger partial charge in [0.15, 0.2) is 6.61 Å². The summed E-state index contributed by atoms with van der Waals surface area (Å²) in [5.41, 5.74) is 2.31. The molecule has 0 N–H and O–H groups in total. The van der Waals surface area contributed by atoms with Crippen LogP contribution >= 0.6 is 0 Å². The van der Waals surface area contributed by atoms with Gasteiger partial charge in [-0.3, -0.25) is 4.79 Å². The van der Waals surface area contributed by atoms with Gasteiger partial charge in [0.05, 0.1) is 12.7 Å². The summed E-state index contributed by atoms with van der Waals surface area (Å²) in [7, 11) is 1.26. The van der Waals surface area contributed by atoms with Gasteiger partial charge in [-0.1, -0.05) is 30.3 Å². The van der Waals surface area contributed by atoms with E-state index >= 15 is 0 Å². The number of halogens is 1. The fourth-order valence-electron chi connectivity index (χ4n) is 3.15. The molecular formula is C21H20FNO5. The molecule has 146 valence electrons. The first-order valence-electron chi connectivity index (χ1n) is 8.78. The molecular weight excluding hydrogens is 365 g/mol. The summed E-state index contributed by atoms with van der Waals surface area (Å²) in [6.07, 6.45) is 0.325. The summed E-state index contributed by atoms with van der Waals surface area (Å²) in [4.78, 5) is 38.3. The number of amides is 1. The molecule has 0 spiro atoms. The highest BCUT2D eigenvalue weighted by Gasteiger charge is 2.35. The van der Waals surface area contributed by atoms with Crippen molar-refractivity contribution >= 4 is 17.8 Å². The number of esters is 2. The second-order valence-corrected chi connectivity index (χ2v) is 6.57. The summed E-state index contributed by atoms with van der Waals surface area (Å²) in [6.45, 7) is 1.24. The SMILES string of the molecule is COC(=O)[C@H]1Cc2ccccc2CN1C(=O)COC(=O)c1ccc(C)c(F)c1. The molecule has 1 heterocycles. The van der Waals surface area contributed by atoms with Gasteiger partial charge >= 0.3 is 11.9 Å². The minimum atomic E-state index is -0.806. The van der Waals surface area contributed by atoms with Crippen molar-refractivity contribution in [1.82, 2.24) is 4.90 Å². The van der Waals surface area contributed by atoms with E-state index in [2.05, 4.69) is 0 Å². The van der Waals surface area contributed by atoms with Crippen LogP contribution in [-0.2, 0) is 32.0 Å². The Morgan fingerprint density at radius 1 is 1.14 bits per heavy atom. The average molecular weight is 385 g/mol. The van der Waals surface area contributed by atoms with E-state index in [1.165, 1.54) is 24.1 Å². The Labute approximate surface area is 161 Å². The second-order valence-electron chi connectivity index (χ2n) is 6.57. The molecule has 0 radical (unpaired) electrons. The molecule has 1 aliphatic rings. The summed E-state index contributed by atoms with van der Waals surface area (Å²) in [6, 6.07) is 10.7. The fraction of sp³-hybridized carbons (Fsp3) is 0.286. The zero-order valence-electron chi connectivity index (χ0n) is 15.6. The maximum atomic E-state index is 13.6. The summed E-state index contributed by atoms with van der Waals surface area (Å²) < 4.78 is 23.5. The minimum Gasteiger partial charge on any atom is -0.467 e. The highest BCUT2D eigenvalue weighted by Crippen LogP contribution is 2.24. The van der Waals surface area contributed by atoms with E-state index in [0.717, 1.165) is 17.2 Å². The molecule has 2 aromatic carbocycles. The Morgan fingerprint density at radius 2 is 1.86 bits per heavy atom. The van der Waals surface area contributed by atoms with Gasteiger partial charge in [0, 0.05) is 13.0 Å². The molecule has 1 aliphatic heterocycles. The highest BCUT2D eigenvalue weighted by molar-refractivity contribution is 5.92. The van der Waals surface area contributed by atoms with E-state index in [0.29, 0.717) is 12.0 Å². The Balaban J connectivity index is 1.71. The molecule has 0 saturated carbocycles. The van der Waals surface area contributed by atoms with Crippen LogP contribution in [0.1, 0.15) is 27.0 Å². The van der Waals surface area contributed by atoms with Gasteiger partial charge in [0.2, 0.25) is 0 Å². The number of fused-ring (bicyclic) bond motifs is 1. The van der Waals surface area contributed by atoms with Crippen LogP contribution in [0.2, 0.25) is 0 Å². The van der Waals surface area contributed by atoms with Gasteiger partial charge in [0.25, 0.3) is 5.91 Å². The van der Waals surface area contributed by atoms with Crippen LogP contribution in [0.25, 0.3) is 0 Å². The molecule has 6 nitrogen and oxygen atoms in total. The standard InChI is InChI=1S/C21H20FNO5/c1-13-7-8-15(9-17(13)22)20(25)28-12-19(24)23-11-16-6-4-3-5-14(16)10-18(23)21(26)27-2/h3-9,18H,10-12H2,1-2H3/t18-/m1/s1. The van der Waals surface area contributed by atoms with Crippen molar-refractivity contribution in [2.75, 3.05) is 13.7 Å². The number of benzene rings is 2. The zero-order valence-corrected chi connectivity index (χ0v) is 15.6. The number of hydrogen-bond donors (Lipinski definition) is 0. The van der Waals surface area contributed by atoms with E-state index < -0.39 is 36.3 Å². The smallest absolute Gasteiger partial charge is 0.338 e. The van der Waals surface area contributed by atoms with Crippen LogP contribution in [0.3, 0.4) is 0 Å². The number of nitrogens with zero attached hydrogens (tertiary/aromatic N) is 1. The molecule has 0 unspecified atom stereocenters. The third-order valence-electron chi connectivity index (χ3n) is 4.78. The molecule has 0 fully saturated rings. The Bertz CT molecular complexity index is 927. The van der Waals surface area contributed by atoms with Gasteiger partial charge < -0.3 is 14.4 Å². The summed E-state index contributed by atoms with van der Waals surface area (Å²) >= 11 is 0. The fourth-order valence-corrected chi connectivity index (χ4v) is 3.15. The van der Waals surface area contributed by atoms with Gasteiger partial charge in [-0.25, -0.2) is 14.0 Å². The average Bonchev–Trinajstić information content (AvgIpc) is 2.72. The van der Waals surface area contributed by atoms with E-state index in [4.69, 9.17) is 9.47 Å². The van der Waals surface area contributed by atoms with Crippen molar-refractivity contribution in [2.45, 2.75) is 25.9 Å². The van der Waals surface area contributed by atoms with Crippen LogP contribution in [0.4, 0.5) is 4.39 Å². The number of rotatable bonds is 4. The third kappa shape index (κ3) is 4.03. The number of carbonyl (C=O) groups excluding carboxylic acids is 3. The maximum absolute atomic E-state index is 13.6. The van der Waals surface area contributed by atoms with Crippen molar-refractivity contribution in [3.8, 4) is 0 Å².